The third kappa shape index (κ3) is 2.12. The van der Waals surface area contributed by atoms with Crippen LogP contribution in [0, 0.1) is 11.3 Å². The minimum Gasteiger partial charge on any atom is -0.287 e. The summed E-state index contributed by atoms with van der Waals surface area (Å²) in [5, 5.41) is 12.0. The van der Waals surface area contributed by atoms with Gasteiger partial charge in [0.2, 0.25) is 0 Å². The van der Waals surface area contributed by atoms with Crippen molar-refractivity contribution in [2.24, 2.45) is 5.11 Å². The van der Waals surface area contributed by atoms with E-state index in [9.17, 15) is 0 Å². The van der Waals surface area contributed by atoms with Crippen LogP contribution in [0.4, 0.5) is 0 Å². The Hall–Kier alpha value is -1.24. The van der Waals surface area contributed by atoms with E-state index in [1.165, 1.54) is 0 Å². The highest BCUT2D eigenvalue weighted by molar-refractivity contribution is 4.87. The van der Waals surface area contributed by atoms with Crippen LogP contribution in [0.3, 0.4) is 0 Å². The molecule has 1 fully saturated rings. The first kappa shape index (κ1) is 8.85. The van der Waals surface area contributed by atoms with Gasteiger partial charge in [0.1, 0.15) is 0 Å². The Morgan fingerprint density at radius 1 is 1.75 bits per heavy atom. The average molecular weight is 165 g/mol. The molecule has 0 aromatic rings. The molecule has 1 saturated heterocycles. The van der Waals surface area contributed by atoms with Gasteiger partial charge >= 0.3 is 0 Å². The molecule has 1 unspecified atom stereocenters. The molecule has 0 radical (unpaired) electrons. The molecule has 0 spiro atoms. The SMILES string of the molecule is N#CCN1CCCC1CN=[N+]=[N-]. The molecule has 1 atom stereocenters. The molecular formula is C7H11N5. The number of likely N-dealkylation sites (tertiary alicyclic amines) is 1. The summed E-state index contributed by atoms with van der Waals surface area (Å²) in [6.07, 6.45) is 2.15. The summed E-state index contributed by atoms with van der Waals surface area (Å²) < 4.78 is 0. The maximum Gasteiger partial charge on any atom is 0.0868 e. The predicted octanol–water partition coefficient (Wildman–Crippen LogP) is 1.28. The van der Waals surface area contributed by atoms with E-state index < -0.39 is 0 Å². The van der Waals surface area contributed by atoms with Gasteiger partial charge in [0.05, 0.1) is 12.6 Å². The van der Waals surface area contributed by atoms with Crippen molar-refractivity contribution in [2.45, 2.75) is 18.9 Å². The van der Waals surface area contributed by atoms with Crippen LogP contribution in [0.25, 0.3) is 10.4 Å². The molecule has 1 rings (SSSR count). The minimum atomic E-state index is 0.292. The summed E-state index contributed by atoms with van der Waals surface area (Å²) in [6, 6.07) is 2.40. The first-order chi connectivity index (χ1) is 5.88. The van der Waals surface area contributed by atoms with Gasteiger partial charge in [-0.25, -0.2) is 0 Å². The molecule has 0 N–H and O–H groups in total. The van der Waals surface area contributed by atoms with Crippen LogP contribution in [-0.4, -0.2) is 30.6 Å². The van der Waals surface area contributed by atoms with Gasteiger partial charge in [0, 0.05) is 17.5 Å². The second kappa shape index (κ2) is 4.60. The number of nitriles is 1. The van der Waals surface area contributed by atoms with E-state index in [-0.39, 0.29) is 0 Å². The van der Waals surface area contributed by atoms with Crippen molar-refractivity contribution in [2.75, 3.05) is 19.6 Å². The van der Waals surface area contributed by atoms with Crippen molar-refractivity contribution in [1.82, 2.24) is 4.90 Å². The highest BCUT2D eigenvalue weighted by Gasteiger charge is 2.22. The number of hydrogen-bond acceptors (Lipinski definition) is 3. The van der Waals surface area contributed by atoms with Crippen LogP contribution in [0.15, 0.2) is 5.11 Å². The fraction of sp³-hybridized carbons (Fsp3) is 0.857. The lowest BCUT2D eigenvalue weighted by Crippen LogP contribution is -2.31. The summed E-state index contributed by atoms with van der Waals surface area (Å²) in [5.41, 5.74) is 8.12. The lowest BCUT2D eigenvalue weighted by atomic mass is 10.2. The second-order valence-corrected chi connectivity index (χ2v) is 2.84. The summed E-state index contributed by atoms with van der Waals surface area (Å²) in [5.74, 6) is 0. The molecule has 1 heterocycles. The molecule has 0 saturated carbocycles. The maximum absolute atomic E-state index is 8.47. The highest BCUT2D eigenvalue weighted by Crippen LogP contribution is 2.16. The normalized spacial score (nSPS) is 23.1. The van der Waals surface area contributed by atoms with Crippen molar-refractivity contribution in [1.29, 1.82) is 5.26 Å². The summed E-state index contributed by atoms with van der Waals surface area (Å²) in [6.45, 7) is 1.91. The van der Waals surface area contributed by atoms with Crippen molar-refractivity contribution in [3.63, 3.8) is 0 Å². The Morgan fingerprint density at radius 2 is 2.58 bits per heavy atom. The summed E-state index contributed by atoms with van der Waals surface area (Å²) >= 11 is 0. The molecule has 0 amide bonds. The number of nitrogens with zero attached hydrogens (tertiary/aromatic N) is 5. The maximum atomic E-state index is 8.47. The molecule has 1 aliphatic heterocycles. The first-order valence-corrected chi connectivity index (χ1v) is 4.00. The average Bonchev–Trinajstić information content (AvgIpc) is 2.50. The van der Waals surface area contributed by atoms with Crippen LogP contribution >= 0.6 is 0 Å². The smallest absolute Gasteiger partial charge is 0.0868 e. The third-order valence-corrected chi connectivity index (χ3v) is 2.13. The van der Waals surface area contributed by atoms with E-state index in [2.05, 4.69) is 21.0 Å². The van der Waals surface area contributed by atoms with Crippen molar-refractivity contribution >= 4 is 0 Å². The van der Waals surface area contributed by atoms with Gasteiger partial charge < -0.3 is 0 Å². The highest BCUT2D eigenvalue weighted by atomic mass is 15.2. The van der Waals surface area contributed by atoms with Gasteiger partial charge in [-0.1, -0.05) is 5.11 Å². The molecular weight excluding hydrogens is 154 g/mol. The van der Waals surface area contributed by atoms with Crippen LogP contribution < -0.4 is 0 Å². The fourth-order valence-corrected chi connectivity index (χ4v) is 1.53. The summed E-state index contributed by atoms with van der Waals surface area (Å²) in [7, 11) is 0. The van der Waals surface area contributed by atoms with E-state index in [0.29, 0.717) is 19.1 Å². The molecule has 12 heavy (non-hydrogen) atoms. The Labute approximate surface area is 71.2 Å². The first-order valence-electron chi connectivity index (χ1n) is 4.00. The van der Waals surface area contributed by atoms with Crippen LogP contribution in [0.1, 0.15) is 12.8 Å². The quantitative estimate of drug-likeness (QED) is 0.273. The van der Waals surface area contributed by atoms with Gasteiger partial charge in [0.25, 0.3) is 0 Å². The van der Waals surface area contributed by atoms with Gasteiger partial charge in [-0.2, -0.15) is 5.26 Å². The zero-order valence-corrected chi connectivity index (χ0v) is 6.85. The molecule has 0 aromatic carbocycles. The van der Waals surface area contributed by atoms with Gasteiger partial charge in [-0.15, -0.1) is 0 Å². The van der Waals surface area contributed by atoms with Crippen molar-refractivity contribution in [3.05, 3.63) is 10.4 Å². The minimum absolute atomic E-state index is 0.292. The Kier molecular flexibility index (Phi) is 3.39. The Bertz CT molecular complexity index is 224. The molecule has 0 bridgehead atoms. The topological polar surface area (TPSA) is 75.8 Å². The zero-order chi connectivity index (χ0) is 8.81. The second-order valence-electron chi connectivity index (χ2n) is 2.84. The summed E-state index contributed by atoms with van der Waals surface area (Å²) in [4.78, 5) is 4.77. The van der Waals surface area contributed by atoms with Gasteiger partial charge in [-0.05, 0) is 24.9 Å². The van der Waals surface area contributed by atoms with Crippen molar-refractivity contribution < 1.29 is 0 Å². The molecule has 5 nitrogen and oxygen atoms in total. The molecule has 64 valence electrons. The van der Waals surface area contributed by atoms with E-state index in [4.69, 9.17) is 10.8 Å². The fourth-order valence-electron chi connectivity index (χ4n) is 1.53. The number of azide groups is 1. The van der Waals surface area contributed by atoms with Crippen molar-refractivity contribution in [3.8, 4) is 6.07 Å². The van der Waals surface area contributed by atoms with Crippen LogP contribution in [-0.2, 0) is 0 Å². The van der Waals surface area contributed by atoms with Crippen LogP contribution in [0.5, 0.6) is 0 Å². The van der Waals surface area contributed by atoms with Gasteiger partial charge in [-0.3, -0.25) is 4.90 Å². The zero-order valence-electron chi connectivity index (χ0n) is 6.85. The lowest BCUT2D eigenvalue weighted by molar-refractivity contribution is 0.289. The van der Waals surface area contributed by atoms with E-state index >= 15 is 0 Å². The third-order valence-electron chi connectivity index (χ3n) is 2.13. The predicted molar refractivity (Wildman–Crippen MR) is 44.2 cm³/mol. The standard InChI is InChI=1S/C7H11N5/c8-3-5-12-4-1-2-7(12)6-10-11-9/h7H,1-2,4-6H2. The number of hydrogen-bond donors (Lipinski definition) is 0. The molecule has 0 aliphatic carbocycles. The molecule has 0 aromatic heterocycles. The molecule has 5 heteroatoms. The van der Waals surface area contributed by atoms with E-state index in [1.54, 1.807) is 0 Å². The largest absolute Gasteiger partial charge is 0.287 e. The van der Waals surface area contributed by atoms with Crippen LogP contribution in [0.2, 0.25) is 0 Å². The Balaban J connectivity index is 2.41. The monoisotopic (exact) mass is 165 g/mol. The lowest BCUT2D eigenvalue weighted by Gasteiger charge is -2.18. The van der Waals surface area contributed by atoms with E-state index in [1.807, 2.05) is 0 Å². The Morgan fingerprint density at radius 3 is 3.25 bits per heavy atom. The molecule has 1 aliphatic rings. The van der Waals surface area contributed by atoms with Gasteiger partial charge in [0.15, 0.2) is 0 Å². The number of rotatable bonds is 3. The van der Waals surface area contributed by atoms with E-state index in [0.717, 1.165) is 19.4 Å².